The molecule has 0 aromatic heterocycles. The van der Waals surface area contributed by atoms with Gasteiger partial charge in [0.1, 0.15) is 11.5 Å². The third-order valence-corrected chi connectivity index (χ3v) is 17.9. The number of carboxylic acids is 4. The highest BCUT2D eigenvalue weighted by atomic mass is 28.4. The minimum absolute atomic E-state index is 0. The van der Waals surface area contributed by atoms with Gasteiger partial charge in [-0.2, -0.15) is 0 Å². The first-order chi connectivity index (χ1) is 34.8. The number of hydrogen-bond acceptors (Lipinski definition) is 12. The molecule has 0 bridgehead atoms. The number of benzene rings is 6. The predicted molar refractivity (Wildman–Crippen MR) is 298 cm³/mol. The van der Waals surface area contributed by atoms with E-state index in [4.69, 9.17) is 8.85 Å². The number of carbonyl (C=O) groups excluding carboxylic acids is 4. The van der Waals surface area contributed by atoms with Gasteiger partial charge in [0.25, 0.3) is 11.8 Å². The number of aromatic carboxylic acids is 4. The van der Waals surface area contributed by atoms with Crippen molar-refractivity contribution >= 4 is 75.3 Å². The molecule has 2 amide bonds. The highest BCUT2D eigenvalue weighted by molar-refractivity contribution is 6.85. The van der Waals surface area contributed by atoms with E-state index in [2.05, 4.69) is 34.4 Å². The summed E-state index contributed by atoms with van der Waals surface area (Å²) >= 11 is 0. The first kappa shape index (κ1) is 61.7. The van der Waals surface area contributed by atoms with Gasteiger partial charge in [-0.05, 0) is 166 Å². The van der Waals surface area contributed by atoms with Gasteiger partial charge in [0, 0.05) is 41.9 Å². The van der Waals surface area contributed by atoms with E-state index in [1.54, 1.807) is 24.3 Å². The molecule has 76 heavy (non-hydrogen) atoms. The van der Waals surface area contributed by atoms with Gasteiger partial charge in [-0.3, -0.25) is 19.2 Å². The summed E-state index contributed by atoms with van der Waals surface area (Å²) < 4.78 is 12.2. The average Bonchev–Trinajstić information content (AvgIpc) is 3.35. The van der Waals surface area contributed by atoms with Crippen molar-refractivity contribution in [2.24, 2.45) is 0 Å². The van der Waals surface area contributed by atoms with E-state index in [-0.39, 0.29) is 59.4 Å². The van der Waals surface area contributed by atoms with Gasteiger partial charge in [-0.1, -0.05) is 39.1 Å². The van der Waals surface area contributed by atoms with Crippen molar-refractivity contribution in [3.05, 3.63) is 166 Å². The summed E-state index contributed by atoms with van der Waals surface area (Å²) in [4.78, 5) is 96.7. The highest BCUT2D eigenvalue weighted by Crippen LogP contribution is 2.30. The zero-order valence-corrected chi connectivity index (χ0v) is 43.8. The molecule has 6 aromatic carbocycles. The monoisotopic (exact) mass is 1070 g/mol. The fraction of sp³-hybridized carbons (Fsp3) is 0.214. The first-order valence-electron chi connectivity index (χ1n) is 22.9. The van der Waals surface area contributed by atoms with Crippen LogP contribution in [0.4, 0.5) is 11.4 Å². The van der Waals surface area contributed by atoms with E-state index in [0.717, 1.165) is 11.9 Å². The third kappa shape index (κ3) is 16.2. The normalized spacial score (nSPS) is 10.7. The second kappa shape index (κ2) is 26.6. The van der Waals surface area contributed by atoms with Gasteiger partial charge in [0.2, 0.25) is 0 Å². The molecule has 0 spiro atoms. The lowest BCUT2D eigenvalue weighted by molar-refractivity contribution is 0.0683. The molecule has 0 unspecified atom stereocenters. The molecule has 0 heterocycles. The molecule has 0 aliphatic carbocycles. The number of amides is 2. The van der Waals surface area contributed by atoms with Crippen LogP contribution in [0.25, 0.3) is 22.3 Å². The van der Waals surface area contributed by atoms with E-state index in [0.29, 0.717) is 45.6 Å². The number of nitrogens with one attached hydrogen (secondary N) is 4. The molecule has 0 aliphatic heterocycles. The number of Topliss-reactive ketones (excluding diaryl/α,β-unsaturated/α-hetero) is 2. The molecular weight excluding hydrogens is 1010 g/mol. The lowest BCUT2D eigenvalue weighted by Crippen LogP contribution is -2.55. The van der Waals surface area contributed by atoms with Gasteiger partial charge in [0.15, 0.2) is 28.2 Å². The zero-order valence-electron chi connectivity index (χ0n) is 41.8. The molecule has 20 heteroatoms. The van der Waals surface area contributed by atoms with Crippen LogP contribution >= 0.6 is 0 Å². The quantitative estimate of drug-likeness (QED) is 0.0261. The summed E-state index contributed by atoms with van der Waals surface area (Å²) in [5, 5.41) is 49.7. The van der Waals surface area contributed by atoms with Crippen LogP contribution in [0.2, 0.25) is 26.2 Å². The van der Waals surface area contributed by atoms with E-state index >= 15 is 0 Å². The summed E-state index contributed by atoms with van der Waals surface area (Å²) in [5.74, 6) is -5.86. The van der Waals surface area contributed by atoms with E-state index in [1.165, 1.54) is 86.6 Å². The van der Waals surface area contributed by atoms with E-state index in [1.807, 2.05) is 51.5 Å². The van der Waals surface area contributed by atoms with Gasteiger partial charge < -0.3 is 50.5 Å². The number of hydrogen-bond donors (Lipinski definition) is 8. The van der Waals surface area contributed by atoms with Crippen molar-refractivity contribution in [1.82, 2.24) is 10.6 Å². The Balaban J connectivity index is 0.000000393. The summed E-state index contributed by atoms with van der Waals surface area (Å²) in [6.07, 6.45) is 1.07. The number of carboxylic acid groups (broad SMARTS) is 4. The molecule has 8 N–H and O–H groups in total. The molecule has 0 radical (unpaired) electrons. The molecular formula is C56H64N4O14Si2. The second-order valence-corrected chi connectivity index (χ2v) is 26.6. The minimum Gasteiger partial charge on any atom is -0.478 e. The number of anilines is 2. The molecule has 6 rings (SSSR count). The van der Waals surface area contributed by atoms with Crippen LogP contribution in [0.5, 0.6) is 11.5 Å². The van der Waals surface area contributed by atoms with Gasteiger partial charge >= 0.3 is 23.9 Å². The minimum atomic E-state index is -2.28. The van der Waals surface area contributed by atoms with Crippen molar-refractivity contribution in [3.8, 4) is 33.8 Å². The molecule has 0 aliphatic rings. The maximum Gasteiger partial charge on any atom is 0.336 e. The fourth-order valence-electron chi connectivity index (χ4n) is 7.86. The Morgan fingerprint density at radius 2 is 0.763 bits per heavy atom. The number of ketones is 2. The standard InChI is InChI=1S/C30H24N2O7.C24H32N2O7Si2.2CH4/c1-17(33)26-15-18(3-13-24(26)29(35)36)19-4-14-25(30(37)38)27(16-19)28(34)32-21-7-11-23(12-8-21)39-22-9-5-20(31-2)6-10-22;1-15(27)20-11-16(7-9-18(20)23(29)30)17-8-10-19(24(31)32)21(12-17)22(28)26-14-35(5,6)33-34(3,4)13-25-2;;/h3-16,31H,1-2H3,(H,32,34)(H,35,36)(H,37,38);7-12,25H,13-14H2,1-6H3,(H,26,28)(H,29,30)(H,31,32);2*1H4. The molecule has 6 aromatic rings. The third-order valence-electron chi connectivity index (χ3n) is 11.2. The van der Waals surface area contributed by atoms with Crippen molar-refractivity contribution in [2.45, 2.75) is 54.9 Å². The molecule has 400 valence electrons. The summed E-state index contributed by atoms with van der Waals surface area (Å²) in [5.41, 5.74) is 2.50. The Morgan fingerprint density at radius 1 is 0.434 bits per heavy atom. The number of carbonyl (C=O) groups is 8. The zero-order chi connectivity index (χ0) is 54.7. The Labute approximate surface area is 443 Å². The van der Waals surface area contributed by atoms with Crippen LogP contribution in [-0.2, 0) is 4.12 Å². The Kier molecular flexibility index (Phi) is 21.6. The fourth-order valence-corrected chi connectivity index (χ4v) is 15.9. The van der Waals surface area contributed by atoms with Crippen molar-refractivity contribution in [1.29, 1.82) is 0 Å². The topological polar surface area (TPSA) is 284 Å². The van der Waals surface area contributed by atoms with Gasteiger partial charge in [-0.25, -0.2) is 19.2 Å². The van der Waals surface area contributed by atoms with Crippen molar-refractivity contribution in [3.63, 3.8) is 0 Å². The SMILES string of the molecule is C.C.CNC[Si](C)(C)O[Si](C)(C)CNC(=O)c1cc(-c2ccc(C(=O)O)c(C(C)=O)c2)ccc1C(=O)O.CNc1ccc(Oc2ccc(NC(=O)c3cc(-c4ccc(C(=O)O)c(C(C)=O)c4)ccc3C(=O)O)cc2)cc1. The molecule has 18 nitrogen and oxygen atoms in total. The van der Waals surface area contributed by atoms with Gasteiger partial charge in [-0.15, -0.1) is 0 Å². The summed E-state index contributed by atoms with van der Waals surface area (Å²) in [6.45, 7) is 10.7. The molecule has 0 fully saturated rings. The molecule has 0 saturated carbocycles. The number of rotatable bonds is 20. The van der Waals surface area contributed by atoms with E-state index < -0.39 is 63.9 Å². The first-order valence-corrected chi connectivity index (χ1v) is 29.1. The maximum atomic E-state index is 13.1. The van der Waals surface area contributed by atoms with Crippen LogP contribution in [0.3, 0.4) is 0 Å². The van der Waals surface area contributed by atoms with Crippen LogP contribution in [-0.4, -0.2) is 111 Å². The Hall–Kier alpha value is -8.57. The smallest absolute Gasteiger partial charge is 0.336 e. The molecule has 0 atom stereocenters. The van der Waals surface area contributed by atoms with Crippen molar-refractivity contribution in [2.75, 3.05) is 37.1 Å². The predicted octanol–water partition coefficient (Wildman–Crippen LogP) is 10.7. The Morgan fingerprint density at radius 3 is 1.11 bits per heavy atom. The average molecular weight is 1070 g/mol. The highest BCUT2D eigenvalue weighted by Gasteiger charge is 2.33. The maximum absolute atomic E-state index is 13.1. The molecule has 0 saturated heterocycles. The van der Waals surface area contributed by atoms with Crippen LogP contribution in [0.1, 0.15) is 112 Å². The summed E-state index contributed by atoms with van der Waals surface area (Å²) in [6, 6.07) is 30.9. The lowest BCUT2D eigenvalue weighted by Gasteiger charge is -2.34. The largest absolute Gasteiger partial charge is 0.478 e. The van der Waals surface area contributed by atoms with Gasteiger partial charge in [0.05, 0.1) is 33.4 Å². The second-order valence-electron chi connectivity index (χ2n) is 18.1. The Bertz CT molecular complexity index is 3160. The van der Waals surface area contributed by atoms with Crippen molar-refractivity contribution < 1.29 is 67.6 Å². The van der Waals surface area contributed by atoms with Crippen LogP contribution < -0.4 is 26.0 Å². The van der Waals surface area contributed by atoms with E-state index in [9.17, 15) is 58.8 Å². The number of ether oxygens (including phenoxy) is 1. The van der Waals surface area contributed by atoms with Crippen LogP contribution in [0.15, 0.2) is 121 Å². The lowest BCUT2D eigenvalue weighted by atomic mass is 9.94. The summed E-state index contributed by atoms with van der Waals surface area (Å²) in [7, 11) is -0.560. The van der Waals surface area contributed by atoms with Crippen LogP contribution in [0, 0.1) is 0 Å².